The number of carbonyl (C=O) groups is 1. The zero-order valence-corrected chi connectivity index (χ0v) is 16.4. The van der Waals surface area contributed by atoms with E-state index >= 15 is 0 Å². The second-order valence-corrected chi connectivity index (χ2v) is 8.27. The number of amides is 2. The van der Waals surface area contributed by atoms with Crippen LogP contribution in [0.25, 0.3) is 0 Å². The van der Waals surface area contributed by atoms with Crippen LogP contribution in [0.5, 0.6) is 0 Å². The molecule has 2 aliphatic heterocycles. The predicted molar refractivity (Wildman–Crippen MR) is 104 cm³/mol. The molecule has 1 atom stereocenters. The van der Waals surface area contributed by atoms with Crippen LogP contribution in [0.15, 0.2) is 18.2 Å². The third kappa shape index (κ3) is 4.74. The van der Waals surface area contributed by atoms with Crippen LogP contribution in [0.4, 0.5) is 4.79 Å². The lowest BCUT2D eigenvalue weighted by atomic mass is 9.90. The molecule has 5 nitrogen and oxygen atoms in total. The first-order chi connectivity index (χ1) is 12.1. The van der Waals surface area contributed by atoms with E-state index < -0.39 is 5.60 Å². The van der Waals surface area contributed by atoms with Crippen LogP contribution in [0.1, 0.15) is 12.0 Å². The Labute approximate surface area is 162 Å². The molecule has 2 saturated heterocycles. The quantitative estimate of drug-likeness (QED) is 0.814. The predicted octanol–water partition coefficient (Wildman–Crippen LogP) is 2.96. The molecule has 0 aliphatic carbocycles. The van der Waals surface area contributed by atoms with Gasteiger partial charge < -0.3 is 20.3 Å². The maximum Gasteiger partial charge on any atom is 0.317 e. The molecule has 2 N–H and O–H groups in total. The van der Waals surface area contributed by atoms with Crippen molar-refractivity contribution in [1.29, 1.82) is 0 Å². The summed E-state index contributed by atoms with van der Waals surface area (Å²) in [6, 6.07) is 5.54. The Hall–Kier alpha value is -0.660. The molecule has 0 spiro atoms. The molecule has 25 heavy (non-hydrogen) atoms. The molecular weight excluding hydrogens is 381 g/mol. The second-order valence-electron chi connectivity index (χ2n) is 6.23. The summed E-state index contributed by atoms with van der Waals surface area (Å²) < 4.78 is 6.21. The second kappa shape index (κ2) is 8.82. The van der Waals surface area contributed by atoms with Gasteiger partial charge in [-0.15, -0.1) is 0 Å². The molecule has 0 saturated carbocycles. The molecule has 2 aliphatic rings. The van der Waals surface area contributed by atoms with Gasteiger partial charge in [0.2, 0.25) is 0 Å². The van der Waals surface area contributed by atoms with Crippen LogP contribution in [0.2, 0.25) is 10.0 Å². The van der Waals surface area contributed by atoms with Gasteiger partial charge in [-0.3, -0.25) is 0 Å². The van der Waals surface area contributed by atoms with E-state index in [9.17, 15) is 4.79 Å². The van der Waals surface area contributed by atoms with E-state index in [0.717, 1.165) is 49.7 Å². The third-order valence-corrected chi connectivity index (χ3v) is 6.31. The van der Waals surface area contributed by atoms with E-state index in [0.29, 0.717) is 23.2 Å². The number of rotatable bonds is 3. The van der Waals surface area contributed by atoms with E-state index in [4.69, 9.17) is 27.9 Å². The van der Waals surface area contributed by atoms with Crippen LogP contribution >= 0.6 is 35.0 Å². The van der Waals surface area contributed by atoms with Crippen molar-refractivity contribution in [2.24, 2.45) is 0 Å². The summed E-state index contributed by atoms with van der Waals surface area (Å²) in [4.78, 5) is 14.4. The average molecular weight is 404 g/mol. The number of nitrogens with one attached hydrogen (secondary N) is 2. The van der Waals surface area contributed by atoms with Gasteiger partial charge in [0.25, 0.3) is 0 Å². The molecule has 0 radical (unpaired) electrons. The molecule has 1 aromatic carbocycles. The lowest BCUT2D eigenvalue weighted by Gasteiger charge is -2.35. The van der Waals surface area contributed by atoms with Gasteiger partial charge in [-0.2, -0.15) is 11.8 Å². The van der Waals surface area contributed by atoms with Gasteiger partial charge in [0.05, 0.1) is 23.2 Å². The fraction of sp³-hybridized carbons (Fsp3) is 0.588. The fourth-order valence-electron chi connectivity index (χ4n) is 3.15. The summed E-state index contributed by atoms with van der Waals surface area (Å²) in [6.45, 7) is 4.18. The van der Waals surface area contributed by atoms with Gasteiger partial charge in [-0.05, 0) is 30.7 Å². The van der Waals surface area contributed by atoms with Crippen molar-refractivity contribution in [3.63, 3.8) is 0 Å². The molecule has 0 aromatic heterocycles. The van der Waals surface area contributed by atoms with E-state index in [1.54, 1.807) is 6.07 Å². The highest BCUT2D eigenvalue weighted by Crippen LogP contribution is 2.34. The minimum absolute atomic E-state index is 0.0273. The zero-order chi connectivity index (χ0) is 17.7. The molecule has 2 fully saturated rings. The Bertz CT molecular complexity index is 604. The van der Waals surface area contributed by atoms with E-state index in [-0.39, 0.29) is 6.03 Å². The van der Waals surface area contributed by atoms with Gasteiger partial charge >= 0.3 is 6.03 Å². The van der Waals surface area contributed by atoms with E-state index in [1.807, 2.05) is 28.8 Å². The van der Waals surface area contributed by atoms with Crippen molar-refractivity contribution in [3.8, 4) is 0 Å². The normalized spacial score (nSPS) is 24.6. The maximum absolute atomic E-state index is 12.5. The van der Waals surface area contributed by atoms with E-state index in [2.05, 4.69) is 10.6 Å². The first-order valence-electron chi connectivity index (χ1n) is 8.51. The number of halogens is 2. The first-order valence-corrected chi connectivity index (χ1v) is 10.4. The smallest absolute Gasteiger partial charge is 0.317 e. The minimum atomic E-state index is -0.599. The Morgan fingerprint density at radius 2 is 2.08 bits per heavy atom. The lowest BCUT2D eigenvalue weighted by Crippen LogP contribution is -2.49. The number of hydrogen-bond donors (Lipinski definition) is 2. The molecule has 3 rings (SSSR count). The van der Waals surface area contributed by atoms with Crippen molar-refractivity contribution in [2.45, 2.75) is 12.0 Å². The highest BCUT2D eigenvalue weighted by atomic mass is 35.5. The third-order valence-electron chi connectivity index (χ3n) is 4.63. The topological polar surface area (TPSA) is 53.6 Å². The van der Waals surface area contributed by atoms with Gasteiger partial charge in [0, 0.05) is 31.1 Å². The Balaban J connectivity index is 1.76. The van der Waals surface area contributed by atoms with Crippen LogP contribution in [0, 0.1) is 0 Å². The van der Waals surface area contributed by atoms with Gasteiger partial charge in [-0.25, -0.2) is 4.79 Å². The Kier molecular flexibility index (Phi) is 6.74. The van der Waals surface area contributed by atoms with Crippen LogP contribution in [-0.2, 0) is 10.3 Å². The molecule has 1 aromatic rings. The Morgan fingerprint density at radius 1 is 1.28 bits per heavy atom. The molecule has 2 heterocycles. The van der Waals surface area contributed by atoms with Crippen LogP contribution in [-0.4, -0.2) is 61.8 Å². The van der Waals surface area contributed by atoms with E-state index in [1.165, 1.54) is 0 Å². The number of ether oxygens (including phenoxy) is 1. The Morgan fingerprint density at radius 3 is 2.84 bits per heavy atom. The zero-order valence-electron chi connectivity index (χ0n) is 14.0. The number of urea groups is 1. The molecular formula is C17H23Cl2N3O2S. The molecule has 138 valence electrons. The van der Waals surface area contributed by atoms with Crippen LogP contribution < -0.4 is 10.6 Å². The van der Waals surface area contributed by atoms with Crippen LogP contribution in [0.3, 0.4) is 0 Å². The van der Waals surface area contributed by atoms with Crippen molar-refractivity contribution < 1.29 is 9.53 Å². The highest BCUT2D eigenvalue weighted by molar-refractivity contribution is 7.99. The van der Waals surface area contributed by atoms with Crippen molar-refractivity contribution in [1.82, 2.24) is 15.5 Å². The average Bonchev–Trinajstić information content (AvgIpc) is 2.89. The maximum atomic E-state index is 12.5. The number of benzene rings is 1. The molecule has 2 amide bonds. The minimum Gasteiger partial charge on any atom is -0.367 e. The molecule has 0 bridgehead atoms. The monoisotopic (exact) mass is 403 g/mol. The van der Waals surface area contributed by atoms with Crippen molar-refractivity contribution in [2.75, 3.05) is 50.8 Å². The molecule has 8 heteroatoms. The number of hydrogen-bond acceptors (Lipinski definition) is 4. The standard InChI is InChI=1S/C17H23Cl2N3O2S/c18-14-2-1-13(11-15(14)19)17(3-4-20-5-8-24-17)12-21-16(23)22-6-9-25-10-7-22/h1-2,11,20H,3-10,12H2,(H,21,23)/t17-/m1/s1. The SMILES string of the molecule is O=C(NC[C@@]1(c2ccc(Cl)c(Cl)c2)CCNCCO1)N1CCSCC1. The summed E-state index contributed by atoms with van der Waals surface area (Å²) >= 11 is 14.2. The summed E-state index contributed by atoms with van der Waals surface area (Å²) in [5.74, 6) is 1.98. The number of thioether (sulfide) groups is 1. The van der Waals surface area contributed by atoms with Crippen molar-refractivity contribution in [3.05, 3.63) is 33.8 Å². The van der Waals surface area contributed by atoms with Crippen molar-refractivity contribution >= 4 is 41.0 Å². The fourth-order valence-corrected chi connectivity index (χ4v) is 4.35. The first kappa shape index (κ1) is 19.1. The summed E-state index contributed by atoms with van der Waals surface area (Å²) in [7, 11) is 0. The summed E-state index contributed by atoms with van der Waals surface area (Å²) in [5.41, 5.74) is 0.345. The largest absolute Gasteiger partial charge is 0.367 e. The highest BCUT2D eigenvalue weighted by Gasteiger charge is 2.35. The lowest BCUT2D eigenvalue weighted by molar-refractivity contribution is -0.0403. The van der Waals surface area contributed by atoms with Gasteiger partial charge in [0.1, 0.15) is 5.60 Å². The number of carbonyl (C=O) groups excluding carboxylic acids is 1. The number of nitrogens with zero attached hydrogens (tertiary/aromatic N) is 1. The van der Waals surface area contributed by atoms with Gasteiger partial charge in [-0.1, -0.05) is 29.3 Å². The molecule has 0 unspecified atom stereocenters. The van der Waals surface area contributed by atoms with Gasteiger partial charge in [0.15, 0.2) is 0 Å². The summed E-state index contributed by atoms with van der Waals surface area (Å²) in [6.07, 6.45) is 0.751. The summed E-state index contributed by atoms with van der Waals surface area (Å²) in [5, 5.41) is 7.43.